The Morgan fingerprint density at radius 1 is 1.30 bits per heavy atom. The van der Waals surface area contributed by atoms with Crippen LogP contribution in [0.25, 0.3) is 10.4 Å². The van der Waals surface area contributed by atoms with Gasteiger partial charge in [0.25, 0.3) is 5.91 Å². The second-order valence-electron chi connectivity index (χ2n) is 9.87. The Bertz CT molecular complexity index is 1220. The van der Waals surface area contributed by atoms with Crippen LogP contribution in [0, 0.1) is 11.8 Å². The third kappa shape index (κ3) is 8.36. The number of rotatable bonds is 14. The van der Waals surface area contributed by atoms with Gasteiger partial charge in [0.15, 0.2) is 0 Å². The molecule has 0 radical (unpaired) electrons. The molecule has 3 rings (SSSR count). The summed E-state index contributed by atoms with van der Waals surface area (Å²) >= 11 is 0. The molecule has 1 saturated carbocycles. The van der Waals surface area contributed by atoms with Crippen LogP contribution in [0.15, 0.2) is 47.6 Å². The van der Waals surface area contributed by atoms with Crippen LogP contribution >= 0.6 is 0 Å². The molecule has 1 aromatic carbocycles. The summed E-state index contributed by atoms with van der Waals surface area (Å²) < 4.78 is 25.5. The molecule has 37 heavy (non-hydrogen) atoms. The van der Waals surface area contributed by atoms with Crippen LogP contribution in [0.5, 0.6) is 0 Å². The van der Waals surface area contributed by atoms with Crippen molar-refractivity contribution in [1.82, 2.24) is 10.3 Å². The van der Waals surface area contributed by atoms with Gasteiger partial charge in [-0.05, 0) is 54.3 Å². The summed E-state index contributed by atoms with van der Waals surface area (Å²) in [6.07, 6.45) is 5.15. The Kier molecular flexibility index (Phi) is 9.77. The van der Waals surface area contributed by atoms with Crippen LogP contribution in [-0.2, 0) is 16.4 Å². The van der Waals surface area contributed by atoms with Crippen LogP contribution < -0.4 is 14.9 Å². The monoisotopic (exact) mass is 527 g/mol. The predicted molar refractivity (Wildman–Crippen MR) is 147 cm³/mol. The fourth-order valence-electron chi connectivity index (χ4n) is 4.21. The summed E-state index contributed by atoms with van der Waals surface area (Å²) in [7, 11) is -2.17. The molecule has 0 saturated heterocycles. The summed E-state index contributed by atoms with van der Waals surface area (Å²) in [5.74, 6) is 1.38. The van der Waals surface area contributed by atoms with Crippen molar-refractivity contribution >= 4 is 27.6 Å². The maximum Gasteiger partial charge on any atom is 0.251 e. The molecule has 2 aromatic rings. The smallest absolute Gasteiger partial charge is 0.251 e. The van der Waals surface area contributed by atoms with Crippen molar-refractivity contribution in [2.24, 2.45) is 17.0 Å². The van der Waals surface area contributed by atoms with E-state index in [1.165, 1.54) is 13.1 Å². The third-order valence-electron chi connectivity index (χ3n) is 6.85. The van der Waals surface area contributed by atoms with E-state index < -0.39 is 22.1 Å². The standard InChI is InChI=1S/C26H37N7O3S/c1-5-6-12-22(31-32-27)23(14-19-10-8-7-9-11-19)29-26(34)20-15-24(28-17-21-13-18(21)2)30-25(16-20)33(3)37(4,35)36/h7-11,15-16,18,21-23H,5-6,12-14,17H2,1-4H3,(H,28,30)(H,29,34)/t18?,21?,22-,23-/m0/s1. The zero-order chi connectivity index (χ0) is 27.0. The van der Waals surface area contributed by atoms with Crippen molar-refractivity contribution in [2.75, 3.05) is 29.5 Å². The molecule has 0 spiro atoms. The SMILES string of the molecule is CCCC[C@H](N=[N+]=[N-])[C@H](Cc1ccccc1)NC(=O)c1cc(NCC2CC2C)nc(N(C)S(C)(=O)=O)c1. The molecule has 1 aliphatic carbocycles. The van der Waals surface area contributed by atoms with E-state index in [-0.39, 0.29) is 17.3 Å². The lowest BCUT2D eigenvalue weighted by Crippen LogP contribution is -2.44. The number of nitrogens with zero attached hydrogens (tertiary/aromatic N) is 5. The predicted octanol–water partition coefficient (Wildman–Crippen LogP) is 4.76. The molecule has 1 heterocycles. The lowest BCUT2D eigenvalue weighted by molar-refractivity contribution is 0.0929. The zero-order valence-electron chi connectivity index (χ0n) is 22.0. The zero-order valence-corrected chi connectivity index (χ0v) is 22.8. The molecule has 10 nitrogen and oxygen atoms in total. The number of anilines is 2. The second kappa shape index (κ2) is 12.8. The molecule has 0 bridgehead atoms. The highest BCUT2D eigenvalue weighted by Crippen LogP contribution is 2.37. The molecule has 200 valence electrons. The summed E-state index contributed by atoms with van der Waals surface area (Å²) in [5, 5.41) is 10.3. The van der Waals surface area contributed by atoms with Crippen LogP contribution in [0.2, 0.25) is 0 Å². The van der Waals surface area contributed by atoms with E-state index in [0.717, 1.165) is 35.4 Å². The Labute approximate surface area is 219 Å². The number of sulfonamides is 1. The number of hydrogen-bond acceptors (Lipinski definition) is 6. The number of amides is 1. The lowest BCUT2D eigenvalue weighted by Gasteiger charge is -2.25. The number of pyridine rings is 1. The van der Waals surface area contributed by atoms with Crippen LogP contribution in [0.4, 0.5) is 11.6 Å². The Morgan fingerprint density at radius 2 is 2.00 bits per heavy atom. The van der Waals surface area contributed by atoms with E-state index in [2.05, 4.69) is 39.5 Å². The van der Waals surface area contributed by atoms with Crippen molar-refractivity contribution in [1.29, 1.82) is 0 Å². The largest absolute Gasteiger partial charge is 0.370 e. The van der Waals surface area contributed by atoms with Crippen LogP contribution in [0.3, 0.4) is 0 Å². The number of benzene rings is 1. The molecule has 0 aliphatic heterocycles. The van der Waals surface area contributed by atoms with Gasteiger partial charge in [-0.3, -0.25) is 9.10 Å². The minimum atomic E-state index is -3.58. The van der Waals surface area contributed by atoms with Crippen molar-refractivity contribution < 1.29 is 13.2 Å². The number of azide groups is 1. The number of unbranched alkanes of at least 4 members (excludes halogenated alkanes) is 1. The Hall–Kier alpha value is -3.30. The van der Waals surface area contributed by atoms with Gasteiger partial charge in [0.1, 0.15) is 11.6 Å². The highest BCUT2D eigenvalue weighted by Gasteiger charge is 2.32. The Balaban J connectivity index is 1.91. The maximum absolute atomic E-state index is 13.5. The summed E-state index contributed by atoms with van der Waals surface area (Å²) in [6, 6.07) is 12.0. The summed E-state index contributed by atoms with van der Waals surface area (Å²) in [6.45, 7) is 4.94. The highest BCUT2D eigenvalue weighted by molar-refractivity contribution is 7.92. The van der Waals surface area contributed by atoms with Gasteiger partial charge in [-0.25, -0.2) is 13.4 Å². The van der Waals surface area contributed by atoms with Gasteiger partial charge in [-0.15, -0.1) is 0 Å². The van der Waals surface area contributed by atoms with Gasteiger partial charge in [-0.2, -0.15) is 0 Å². The average molecular weight is 528 g/mol. The number of carbonyl (C=O) groups is 1. The van der Waals surface area contributed by atoms with Crippen molar-refractivity contribution in [3.8, 4) is 0 Å². The third-order valence-corrected chi connectivity index (χ3v) is 8.03. The van der Waals surface area contributed by atoms with Crippen LogP contribution in [-0.4, -0.2) is 51.2 Å². The molecule has 4 atom stereocenters. The molecule has 2 N–H and O–H groups in total. The highest BCUT2D eigenvalue weighted by atomic mass is 32.2. The van der Waals surface area contributed by atoms with E-state index in [1.54, 1.807) is 6.07 Å². The van der Waals surface area contributed by atoms with Gasteiger partial charge >= 0.3 is 0 Å². The molecular weight excluding hydrogens is 490 g/mol. The number of carbonyl (C=O) groups excluding carboxylic acids is 1. The van der Waals surface area contributed by atoms with Gasteiger partial charge in [0, 0.05) is 30.1 Å². The van der Waals surface area contributed by atoms with Gasteiger partial charge in [0.2, 0.25) is 10.0 Å². The molecule has 1 amide bonds. The van der Waals surface area contributed by atoms with E-state index in [1.807, 2.05) is 30.3 Å². The lowest BCUT2D eigenvalue weighted by atomic mass is 9.95. The molecule has 1 aromatic heterocycles. The van der Waals surface area contributed by atoms with E-state index in [4.69, 9.17) is 0 Å². The van der Waals surface area contributed by atoms with E-state index >= 15 is 0 Å². The minimum Gasteiger partial charge on any atom is -0.370 e. The normalized spacial score (nSPS) is 18.3. The van der Waals surface area contributed by atoms with E-state index in [9.17, 15) is 18.7 Å². The maximum atomic E-state index is 13.5. The summed E-state index contributed by atoms with van der Waals surface area (Å²) in [5.41, 5.74) is 10.5. The number of hydrogen-bond donors (Lipinski definition) is 2. The van der Waals surface area contributed by atoms with Crippen LogP contribution in [0.1, 0.15) is 55.5 Å². The van der Waals surface area contributed by atoms with Gasteiger partial charge < -0.3 is 10.6 Å². The first-order valence-corrected chi connectivity index (χ1v) is 14.6. The molecule has 1 aliphatic rings. The molecule has 2 unspecified atom stereocenters. The second-order valence-corrected chi connectivity index (χ2v) is 11.9. The van der Waals surface area contributed by atoms with Crippen molar-refractivity contribution in [3.63, 3.8) is 0 Å². The first-order chi connectivity index (χ1) is 17.6. The fraction of sp³-hybridized carbons (Fsp3) is 0.538. The fourth-order valence-corrected chi connectivity index (χ4v) is 4.64. The van der Waals surface area contributed by atoms with Crippen molar-refractivity contribution in [2.45, 2.75) is 58.0 Å². The van der Waals surface area contributed by atoms with Gasteiger partial charge in [0.05, 0.1) is 12.3 Å². The molecule has 11 heteroatoms. The van der Waals surface area contributed by atoms with E-state index in [0.29, 0.717) is 37.0 Å². The quantitative estimate of drug-likeness (QED) is 0.207. The Morgan fingerprint density at radius 3 is 2.59 bits per heavy atom. The number of nitrogens with one attached hydrogen (secondary N) is 2. The van der Waals surface area contributed by atoms with Crippen molar-refractivity contribution in [3.05, 3.63) is 64.0 Å². The summed E-state index contributed by atoms with van der Waals surface area (Å²) in [4.78, 5) is 21.0. The first-order valence-electron chi connectivity index (χ1n) is 12.7. The first kappa shape index (κ1) is 28.3. The number of aromatic nitrogens is 1. The van der Waals surface area contributed by atoms with Gasteiger partial charge in [-0.1, -0.05) is 62.1 Å². The average Bonchev–Trinajstić information content (AvgIpc) is 3.59. The molecule has 1 fully saturated rings. The molecular formula is C26H37N7O3S. The minimum absolute atomic E-state index is 0.152. The topological polar surface area (TPSA) is 140 Å².